The Bertz CT molecular complexity index is 332. The number of halogens is 1. The number of rotatable bonds is 6. The maximum absolute atomic E-state index is 10.8. The monoisotopic (exact) mass is 240 g/mol. The fraction of sp³-hybridized carbons (Fsp3) is 0.462. The van der Waals surface area contributed by atoms with Gasteiger partial charge in [0.15, 0.2) is 0 Å². The summed E-state index contributed by atoms with van der Waals surface area (Å²) in [7, 11) is 0. The molecule has 0 fully saturated rings. The van der Waals surface area contributed by atoms with Crippen molar-refractivity contribution in [2.24, 2.45) is 0 Å². The molecule has 2 nitrogen and oxygen atoms in total. The Morgan fingerprint density at radius 3 is 2.50 bits per heavy atom. The molecule has 0 radical (unpaired) electrons. The molecule has 0 saturated carbocycles. The number of aliphatic carboxylic acids is 1. The molecule has 0 amide bonds. The summed E-state index contributed by atoms with van der Waals surface area (Å²) in [4.78, 5) is 10.8. The van der Waals surface area contributed by atoms with Gasteiger partial charge in [0.05, 0.1) is 6.42 Å². The molecular weight excluding hydrogens is 224 g/mol. The summed E-state index contributed by atoms with van der Waals surface area (Å²) in [6, 6.07) is 7.48. The van der Waals surface area contributed by atoms with Gasteiger partial charge in [-0.05, 0) is 30.0 Å². The lowest BCUT2D eigenvalue weighted by molar-refractivity contribution is -0.137. The number of benzene rings is 1. The van der Waals surface area contributed by atoms with Crippen molar-refractivity contribution >= 4 is 17.6 Å². The summed E-state index contributed by atoms with van der Waals surface area (Å²) < 4.78 is 0. The molecule has 1 N–H and O–H groups in total. The first kappa shape index (κ1) is 13.0. The van der Waals surface area contributed by atoms with Crippen LogP contribution in [0.1, 0.15) is 44.1 Å². The zero-order chi connectivity index (χ0) is 12.0. The van der Waals surface area contributed by atoms with E-state index < -0.39 is 5.97 Å². The van der Waals surface area contributed by atoms with Gasteiger partial charge in [0, 0.05) is 5.02 Å². The predicted octanol–water partition coefficient (Wildman–Crippen LogP) is 4.09. The van der Waals surface area contributed by atoms with E-state index in [2.05, 4.69) is 6.92 Å². The molecule has 1 atom stereocenters. The lowest BCUT2D eigenvalue weighted by Gasteiger charge is -2.14. The summed E-state index contributed by atoms with van der Waals surface area (Å²) in [5, 5.41) is 9.56. The van der Waals surface area contributed by atoms with Crippen LogP contribution in [0.15, 0.2) is 24.3 Å². The standard InChI is InChI=1S/C13H17ClO2/c1-2-3-4-11(9-13(15)16)10-5-7-12(14)8-6-10/h5-8,11H,2-4,9H2,1H3,(H,15,16)/t11-/m0/s1. The third-order valence-electron chi connectivity index (χ3n) is 2.67. The maximum Gasteiger partial charge on any atom is 0.303 e. The first-order valence-corrected chi connectivity index (χ1v) is 5.98. The van der Waals surface area contributed by atoms with E-state index in [9.17, 15) is 4.79 Å². The molecule has 16 heavy (non-hydrogen) atoms. The molecule has 3 heteroatoms. The zero-order valence-corrected chi connectivity index (χ0v) is 10.2. The molecule has 1 aromatic rings. The van der Waals surface area contributed by atoms with Crippen molar-refractivity contribution in [2.45, 2.75) is 38.5 Å². The largest absolute Gasteiger partial charge is 0.481 e. The van der Waals surface area contributed by atoms with Crippen LogP contribution >= 0.6 is 11.6 Å². The van der Waals surface area contributed by atoms with Crippen molar-refractivity contribution in [3.63, 3.8) is 0 Å². The van der Waals surface area contributed by atoms with Crippen LogP contribution in [-0.4, -0.2) is 11.1 Å². The highest BCUT2D eigenvalue weighted by Gasteiger charge is 2.14. The van der Waals surface area contributed by atoms with Gasteiger partial charge in [-0.1, -0.05) is 43.5 Å². The number of hydrogen-bond donors (Lipinski definition) is 1. The van der Waals surface area contributed by atoms with Crippen molar-refractivity contribution in [1.29, 1.82) is 0 Å². The van der Waals surface area contributed by atoms with Crippen LogP contribution in [0, 0.1) is 0 Å². The molecule has 0 aliphatic heterocycles. The number of hydrogen-bond acceptors (Lipinski definition) is 1. The molecule has 0 aliphatic rings. The second-order valence-corrected chi connectivity index (χ2v) is 4.43. The Kier molecular flexibility index (Phi) is 5.33. The van der Waals surface area contributed by atoms with E-state index in [0.29, 0.717) is 5.02 Å². The summed E-state index contributed by atoms with van der Waals surface area (Å²) in [5.74, 6) is -0.634. The molecule has 1 rings (SSSR count). The molecular formula is C13H17ClO2. The van der Waals surface area contributed by atoms with E-state index in [1.165, 1.54) is 0 Å². The van der Waals surface area contributed by atoms with Crippen LogP contribution in [0.4, 0.5) is 0 Å². The summed E-state index contributed by atoms with van der Waals surface area (Å²) in [6.45, 7) is 2.11. The number of unbranched alkanes of at least 4 members (excludes halogenated alkanes) is 1. The Labute approximate surface area is 101 Å². The first-order valence-electron chi connectivity index (χ1n) is 5.60. The minimum Gasteiger partial charge on any atom is -0.481 e. The van der Waals surface area contributed by atoms with Gasteiger partial charge >= 0.3 is 5.97 Å². The maximum atomic E-state index is 10.8. The quantitative estimate of drug-likeness (QED) is 0.813. The molecule has 0 saturated heterocycles. The highest BCUT2D eigenvalue weighted by atomic mass is 35.5. The van der Waals surface area contributed by atoms with Gasteiger partial charge < -0.3 is 5.11 Å². The molecule has 0 unspecified atom stereocenters. The molecule has 88 valence electrons. The van der Waals surface area contributed by atoms with Gasteiger partial charge in [0.2, 0.25) is 0 Å². The van der Waals surface area contributed by atoms with Crippen LogP contribution < -0.4 is 0 Å². The van der Waals surface area contributed by atoms with E-state index >= 15 is 0 Å². The van der Waals surface area contributed by atoms with E-state index in [0.717, 1.165) is 24.8 Å². The second-order valence-electron chi connectivity index (χ2n) is 3.99. The minimum atomic E-state index is -0.740. The second kappa shape index (κ2) is 6.54. The Hall–Kier alpha value is -1.02. The molecule has 0 spiro atoms. The fourth-order valence-corrected chi connectivity index (χ4v) is 1.91. The smallest absolute Gasteiger partial charge is 0.303 e. The summed E-state index contributed by atoms with van der Waals surface area (Å²) in [5.41, 5.74) is 1.07. The van der Waals surface area contributed by atoms with Crippen molar-refractivity contribution < 1.29 is 9.90 Å². The normalized spacial score (nSPS) is 12.4. The van der Waals surface area contributed by atoms with Crippen LogP contribution in [0.25, 0.3) is 0 Å². The van der Waals surface area contributed by atoms with Gasteiger partial charge in [0.1, 0.15) is 0 Å². The minimum absolute atomic E-state index is 0.106. The highest BCUT2D eigenvalue weighted by molar-refractivity contribution is 6.30. The molecule has 1 aromatic carbocycles. The number of carbonyl (C=O) groups is 1. The number of carboxylic acids is 1. The van der Waals surface area contributed by atoms with E-state index in [-0.39, 0.29) is 12.3 Å². The van der Waals surface area contributed by atoms with Crippen molar-refractivity contribution in [2.75, 3.05) is 0 Å². The van der Waals surface area contributed by atoms with Crippen LogP contribution in [-0.2, 0) is 4.79 Å². The highest BCUT2D eigenvalue weighted by Crippen LogP contribution is 2.26. The zero-order valence-electron chi connectivity index (χ0n) is 9.45. The SMILES string of the molecule is CCCC[C@@H](CC(=O)O)c1ccc(Cl)cc1. The predicted molar refractivity (Wildman–Crippen MR) is 66.0 cm³/mol. The molecule has 0 aromatic heterocycles. The fourth-order valence-electron chi connectivity index (χ4n) is 1.78. The van der Waals surface area contributed by atoms with Gasteiger partial charge in [0.25, 0.3) is 0 Å². The van der Waals surface area contributed by atoms with Gasteiger partial charge in [-0.3, -0.25) is 4.79 Å². The van der Waals surface area contributed by atoms with E-state index in [4.69, 9.17) is 16.7 Å². The Balaban J connectivity index is 2.74. The first-order chi connectivity index (χ1) is 7.63. The number of carboxylic acid groups (broad SMARTS) is 1. The third kappa shape index (κ3) is 4.23. The lowest BCUT2D eigenvalue weighted by Crippen LogP contribution is -2.06. The average Bonchev–Trinajstić information content (AvgIpc) is 2.25. The van der Waals surface area contributed by atoms with Crippen molar-refractivity contribution in [1.82, 2.24) is 0 Å². The van der Waals surface area contributed by atoms with Crippen molar-refractivity contribution in [3.05, 3.63) is 34.9 Å². The summed E-state index contributed by atoms with van der Waals surface area (Å²) in [6.07, 6.45) is 3.26. The van der Waals surface area contributed by atoms with Gasteiger partial charge in [-0.25, -0.2) is 0 Å². The molecule has 0 aliphatic carbocycles. The van der Waals surface area contributed by atoms with E-state index in [1.54, 1.807) is 0 Å². The lowest BCUT2D eigenvalue weighted by atomic mass is 9.91. The van der Waals surface area contributed by atoms with Crippen LogP contribution in [0.3, 0.4) is 0 Å². The van der Waals surface area contributed by atoms with Gasteiger partial charge in [-0.15, -0.1) is 0 Å². The average molecular weight is 241 g/mol. The Morgan fingerprint density at radius 2 is 2.00 bits per heavy atom. The Morgan fingerprint density at radius 1 is 1.38 bits per heavy atom. The third-order valence-corrected chi connectivity index (χ3v) is 2.92. The van der Waals surface area contributed by atoms with Crippen LogP contribution in [0.2, 0.25) is 5.02 Å². The van der Waals surface area contributed by atoms with Crippen molar-refractivity contribution in [3.8, 4) is 0 Å². The summed E-state index contributed by atoms with van der Waals surface area (Å²) >= 11 is 5.81. The van der Waals surface area contributed by atoms with Crippen LogP contribution in [0.5, 0.6) is 0 Å². The topological polar surface area (TPSA) is 37.3 Å². The molecule has 0 heterocycles. The molecule has 0 bridgehead atoms. The van der Waals surface area contributed by atoms with Gasteiger partial charge in [-0.2, -0.15) is 0 Å². The van der Waals surface area contributed by atoms with E-state index in [1.807, 2.05) is 24.3 Å².